The zero-order valence-corrected chi connectivity index (χ0v) is 12.2. The molecule has 0 aliphatic rings. The van der Waals surface area contributed by atoms with E-state index in [4.69, 9.17) is 11.6 Å². The number of fused-ring (bicyclic) bond motifs is 1. The zero-order valence-electron chi connectivity index (χ0n) is 11.5. The van der Waals surface area contributed by atoms with Gasteiger partial charge in [-0.15, -0.1) is 11.6 Å². The van der Waals surface area contributed by atoms with Crippen molar-refractivity contribution in [1.82, 2.24) is 4.90 Å². The number of alkyl halides is 1. The molecule has 106 valence electrons. The van der Waals surface area contributed by atoms with E-state index in [2.05, 4.69) is 0 Å². The molecule has 2 aromatic rings. The quantitative estimate of drug-likeness (QED) is 0.855. The van der Waals surface area contributed by atoms with Gasteiger partial charge in [-0.05, 0) is 17.9 Å². The fraction of sp³-hybridized carbons (Fsp3) is 0.312. The van der Waals surface area contributed by atoms with Crippen molar-refractivity contribution in [3.63, 3.8) is 0 Å². The molecule has 0 bridgehead atoms. The van der Waals surface area contributed by atoms with Crippen molar-refractivity contribution >= 4 is 28.3 Å². The molecular formula is C16H18ClNO2. The van der Waals surface area contributed by atoms with Crippen LogP contribution < -0.4 is 0 Å². The lowest BCUT2D eigenvalue weighted by atomic mass is 10.0. The molecule has 0 heterocycles. The fourth-order valence-electron chi connectivity index (χ4n) is 2.28. The lowest BCUT2D eigenvalue weighted by Gasteiger charge is -2.21. The topological polar surface area (TPSA) is 40.5 Å². The third-order valence-electron chi connectivity index (χ3n) is 3.27. The van der Waals surface area contributed by atoms with Crippen LogP contribution in [0.4, 0.5) is 0 Å². The molecule has 0 aliphatic heterocycles. The Morgan fingerprint density at radius 1 is 1.20 bits per heavy atom. The summed E-state index contributed by atoms with van der Waals surface area (Å²) in [6, 6.07) is 11.0. The van der Waals surface area contributed by atoms with Crippen LogP contribution in [0, 0.1) is 0 Å². The average Bonchev–Trinajstić information content (AvgIpc) is 2.47. The maximum absolute atomic E-state index is 12.5. The fourth-order valence-corrected chi connectivity index (χ4v) is 2.49. The lowest BCUT2D eigenvalue weighted by Crippen LogP contribution is -2.33. The number of phenols is 1. The molecule has 1 amide bonds. The normalized spacial score (nSPS) is 10.7. The van der Waals surface area contributed by atoms with Crippen molar-refractivity contribution in [3.05, 3.63) is 42.0 Å². The van der Waals surface area contributed by atoms with E-state index in [9.17, 15) is 9.90 Å². The number of rotatable bonds is 5. The van der Waals surface area contributed by atoms with Gasteiger partial charge < -0.3 is 10.0 Å². The van der Waals surface area contributed by atoms with Crippen molar-refractivity contribution in [2.24, 2.45) is 0 Å². The molecule has 4 heteroatoms. The van der Waals surface area contributed by atoms with Crippen LogP contribution in [0.3, 0.4) is 0 Å². The second-order valence-electron chi connectivity index (χ2n) is 4.66. The third kappa shape index (κ3) is 2.88. The molecule has 1 N–H and O–H groups in total. The molecule has 2 aromatic carbocycles. The molecule has 0 radical (unpaired) electrons. The van der Waals surface area contributed by atoms with Crippen LogP contribution >= 0.6 is 11.6 Å². The standard InChI is InChI=1S/C16H18ClNO2/c1-2-10-18(11-9-17)16(20)14-8-7-12-5-3-4-6-13(12)15(14)19/h3-8,19H,2,9-11H2,1H3. The molecule has 2 rings (SSSR count). The monoisotopic (exact) mass is 291 g/mol. The number of nitrogens with zero attached hydrogens (tertiary/aromatic N) is 1. The van der Waals surface area contributed by atoms with Gasteiger partial charge in [-0.25, -0.2) is 0 Å². The molecule has 0 aromatic heterocycles. The molecule has 0 fully saturated rings. The van der Waals surface area contributed by atoms with E-state index in [1.54, 1.807) is 11.0 Å². The summed E-state index contributed by atoms with van der Waals surface area (Å²) in [6.07, 6.45) is 0.858. The highest BCUT2D eigenvalue weighted by atomic mass is 35.5. The Morgan fingerprint density at radius 3 is 2.65 bits per heavy atom. The van der Waals surface area contributed by atoms with Crippen LogP contribution in [0.2, 0.25) is 0 Å². The third-order valence-corrected chi connectivity index (χ3v) is 3.44. The van der Waals surface area contributed by atoms with E-state index in [0.29, 0.717) is 29.9 Å². The molecule has 0 aliphatic carbocycles. The maximum atomic E-state index is 12.5. The summed E-state index contributed by atoms with van der Waals surface area (Å²) < 4.78 is 0. The van der Waals surface area contributed by atoms with Gasteiger partial charge in [0.2, 0.25) is 0 Å². The highest BCUT2D eigenvalue weighted by Crippen LogP contribution is 2.29. The van der Waals surface area contributed by atoms with Gasteiger partial charge in [-0.2, -0.15) is 0 Å². The van der Waals surface area contributed by atoms with E-state index in [1.165, 1.54) is 0 Å². The Hall–Kier alpha value is -1.74. The summed E-state index contributed by atoms with van der Waals surface area (Å²) in [5, 5.41) is 11.9. The number of aromatic hydroxyl groups is 1. The first-order chi connectivity index (χ1) is 9.69. The van der Waals surface area contributed by atoms with E-state index in [1.807, 2.05) is 37.3 Å². The molecule has 3 nitrogen and oxygen atoms in total. The van der Waals surface area contributed by atoms with Crippen molar-refractivity contribution < 1.29 is 9.90 Å². The summed E-state index contributed by atoms with van der Waals surface area (Å²) >= 11 is 5.74. The SMILES string of the molecule is CCCN(CCCl)C(=O)c1ccc2ccccc2c1O. The minimum atomic E-state index is -0.171. The number of hydrogen-bond acceptors (Lipinski definition) is 2. The van der Waals surface area contributed by atoms with Crippen molar-refractivity contribution in [3.8, 4) is 5.75 Å². The first-order valence-corrected chi connectivity index (χ1v) is 7.28. The van der Waals surface area contributed by atoms with E-state index in [0.717, 1.165) is 11.8 Å². The second kappa shape index (κ2) is 6.62. The van der Waals surface area contributed by atoms with E-state index < -0.39 is 0 Å². The number of benzene rings is 2. The minimum Gasteiger partial charge on any atom is -0.506 e. The molecule has 0 unspecified atom stereocenters. The summed E-state index contributed by atoms with van der Waals surface area (Å²) in [7, 11) is 0. The second-order valence-corrected chi connectivity index (χ2v) is 5.04. The number of hydrogen-bond donors (Lipinski definition) is 1. The summed E-state index contributed by atoms with van der Waals surface area (Å²) in [4.78, 5) is 14.2. The Kier molecular flexibility index (Phi) is 4.85. The minimum absolute atomic E-state index is 0.0452. The van der Waals surface area contributed by atoms with Crippen molar-refractivity contribution in [2.45, 2.75) is 13.3 Å². The molecule has 20 heavy (non-hydrogen) atoms. The molecule has 0 saturated carbocycles. The predicted molar refractivity (Wildman–Crippen MR) is 82.5 cm³/mol. The van der Waals surface area contributed by atoms with Crippen LogP contribution in [-0.2, 0) is 0 Å². The summed E-state index contributed by atoms with van der Waals surface area (Å²) in [6.45, 7) is 3.13. The predicted octanol–water partition coefficient (Wildman–Crippen LogP) is 3.64. The van der Waals surface area contributed by atoms with Gasteiger partial charge in [0.15, 0.2) is 0 Å². The molecular weight excluding hydrogens is 274 g/mol. The Balaban J connectivity index is 2.41. The van der Waals surface area contributed by atoms with Gasteiger partial charge in [-0.1, -0.05) is 37.3 Å². The summed E-state index contributed by atoms with van der Waals surface area (Å²) in [5.74, 6) is 0.264. The van der Waals surface area contributed by atoms with Gasteiger partial charge in [0.1, 0.15) is 5.75 Å². The van der Waals surface area contributed by atoms with E-state index >= 15 is 0 Å². The van der Waals surface area contributed by atoms with Crippen LogP contribution in [0.5, 0.6) is 5.75 Å². The first-order valence-electron chi connectivity index (χ1n) is 6.75. The smallest absolute Gasteiger partial charge is 0.257 e. The van der Waals surface area contributed by atoms with E-state index in [-0.39, 0.29) is 11.7 Å². The number of carbonyl (C=O) groups is 1. The van der Waals surface area contributed by atoms with Gasteiger partial charge >= 0.3 is 0 Å². The Morgan fingerprint density at radius 2 is 1.95 bits per heavy atom. The molecule has 0 spiro atoms. The zero-order chi connectivity index (χ0) is 14.5. The number of amides is 1. The van der Waals surface area contributed by atoms with Crippen LogP contribution in [-0.4, -0.2) is 34.9 Å². The Bertz CT molecular complexity index is 606. The highest BCUT2D eigenvalue weighted by molar-refractivity contribution is 6.18. The van der Waals surface area contributed by atoms with Crippen molar-refractivity contribution in [1.29, 1.82) is 0 Å². The Labute approximate surface area is 123 Å². The number of halogens is 1. The van der Waals surface area contributed by atoms with Gasteiger partial charge in [-0.3, -0.25) is 4.79 Å². The highest BCUT2D eigenvalue weighted by Gasteiger charge is 2.19. The number of carbonyl (C=O) groups excluding carboxylic acids is 1. The van der Waals surface area contributed by atoms with Gasteiger partial charge in [0.05, 0.1) is 5.56 Å². The van der Waals surface area contributed by atoms with Crippen molar-refractivity contribution in [2.75, 3.05) is 19.0 Å². The lowest BCUT2D eigenvalue weighted by molar-refractivity contribution is 0.0763. The molecule has 0 atom stereocenters. The maximum Gasteiger partial charge on any atom is 0.257 e. The van der Waals surface area contributed by atoms with Gasteiger partial charge in [0, 0.05) is 24.4 Å². The molecule has 0 saturated heterocycles. The van der Waals surface area contributed by atoms with Gasteiger partial charge in [0.25, 0.3) is 5.91 Å². The van der Waals surface area contributed by atoms with Crippen LogP contribution in [0.25, 0.3) is 10.8 Å². The average molecular weight is 292 g/mol. The van der Waals surface area contributed by atoms with Crippen LogP contribution in [0.1, 0.15) is 23.7 Å². The number of phenolic OH excluding ortho intramolecular Hbond substituents is 1. The summed E-state index contributed by atoms with van der Waals surface area (Å²) in [5.41, 5.74) is 0.335. The first kappa shape index (κ1) is 14.7. The van der Waals surface area contributed by atoms with Crippen LogP contribution in [0.15, 0.2) is 36.4 Å². The largest absolute Gasteiger partial charge is 0.506 e.